The molecule has 0 saturated heterocycles. The van der Waals surface area contributed by atoms with Gasteiger partial charge in [-0.2, -0.15) is 13.2 Å². The molecule has 0 aliphatic carbocycles. The fourth-order valence-electron chi connectivity index (χ4n) is 2.48. The van der Waals surface area contributed by atoms with Crippen LogP contribution in [0.2, 0.25) is 0 Å². The van der Waals surface area contributed by atoms with Gasteiger partial charge < -0.3 is 4.74 Å². The number of carbonyl (C=O) groups is 1. The number of carbonyl (C=O) groups excluding carboxylic acids is 1. The summed E-state index contributed by atoms with van der Waals surface area (Å²) in [6.07, 6.45) is -3.49. The molecule has 2 heterocycles. The Bertz CT molecular complexity index is 765. The zero-order valence-electron chi connectivity index (χ0n) is 12.2. The lowest BCUT2D eigenvalue weighted by Gasteiger charge is -2.34. The van der Waals surface area contributed by atoms with Gasteiger partial charge in [0.2, 0.25) is 5.95 Å². The number of hydrogen-bond acceptors (Lipinski definition) is 3. The Labute approximate surface area is 130 Å². The third kappa shape index (κ3) is 2.74. The molecule has 1 aromatic heterocycles. The van der Waals surface area contributed by atoms with Gasteiger partial charge in [0.05, 0.1) is 17.9 Å². The van der Waals surface area contributed by atoms with E-state index in [4.69, 9.17) is 0 Å². The number of anilines is 1. The maximum Gasteiger partial charge on any atom is 0.483 e. The quantitative estimate of drug-likeness (QED) is 0.814. The van der Waals surface area contributed by atoms with Crippen LogP contribution in [0.5, 0.6) is 5.75 Å². The number of amides is 1. The number of benzene rings is 1. The van der Waals surface area contributed by atoms with Gasteiger partial charge in [-0.1, -0.05) is 25.1 Å². The summed E-state index contributed by atoms with van der Waals surface area (Å²) in [7, 11) is 0. The van der Waals surface area contributed by atoms with Gasteiger partial charge in [0.15, 0.2) is 5.75 Å². The number of hydrogen-bond donors (Lipinski definition) is 0. The number of aromatic nitrogens is 1. The summed E-state index contributed by atoms with van der Waals surface area (Å²) in [4.78, 5) is 16.5. The van der Waals surface area contributed by atoms with Gasteiger partial charge >= 0.3 is 12.0 Å². The molecule has 1 aliphatic heterocycles. The molecule has 1 aliphatic rings. The van der Waals surface area contributed by atoms with Crippen LogP contribution in [-0.2, 0) is 17.8 Å². The molecule has 0 spiro atoms. The van der Waals surface area contributed by atoms with Gasteiger partial charge in [0, 0.05) is 0 Å². The Kier molecular flexibility index (Phi) is 3.71. The van der Waals surface area contributed by atoms with Crippen molar-refractivity contribution in [1.82, 2.24) is 4.98 Å². The van der Waals surface area contributed by atoms with Crippen molar-refractivity contribution in [2.24, 2.45) is 0 Å². The minimum atomic E-state index is -3.97. The van der Waals surface area contributed by atoms with Gasteiger partial charge in [-0.25, -0.2) is 4.98 Å². The smallest absolute Gasteiger partial charge is 0.423 e. The Morgan fingerprint density at radius 2 is 1.96 bits per heavy atom. The highest BCUT2D eigenvalue weighted by Crippen LogP contribution is 2.42. The molecule has 0 atom stereocenters. The highest BCUT2D eigenvalue weighted by atomic mass is 19.3. The Morgan fingerprint density at radius 1 is 1.22 bits per heavy atom. The standard InChI is InChI=1S/C16H13F3N2O2/c1-2-10-5-3-7-12-14(10)23-16(18,19)15(22)21(12)9-11-6-4-8-13(17)20-11/h3-8H,2,9H2,1H3. The molecular formula is C16H13F3N2O2. The molecule has 3 rings (SSSR count). The molecule has 0 unspecified atom stereocenters. The fraction of sp³-hybridized carbons (Fsp3) is 0.250. The molecule has 0 N–H and O–H groups in total. The Hall–Kier alpha value is -2.57. The van der Waals surface area contributed by atoms with Crippen molar-refractivity contribution >= 4 is 11.6 Å². The number of halogens is 3. The minimum absolute atomic E-state index is 0.0315. The van der Waals surface area contributed by atoms with Crippen molar-refractivity contribution in [1.29, 1.82) is 0 Å². The van der Waals surface area contributed by atoms with E-state index in [0.29, 0.717) is 12.0 Å². The highest BCUT2D eigenvalue weighted by molar-refractivity contribution is 6.01. The van der Waals surface area contributed by atoms with Crippen LogP contribution < -0.4 is 9.64 Å². The van der Waals surface area contributed by atoms with Crippen molar-refractivity contribution in [3.63, 3.8) is 0 Å². The molecule has 7 heteroatoms. The lowest BCUT2D eigenvalue weighted by Crippen LogP contribution is -2.50. The molecule has 2 aromatic rings. The summed E-state index contributed by atoms with van der Waals surface area (Å²) >= 11 is 0. The van der Waals surface area contributed by atoms with E-state index in [-0.39, 0.29) is 23.7 Å². The largest absolute Gasteiger partial charge is 0.483 e. The number of para-hydroxylation sites is 1. The van der Waals surface area contributed by atoms with Crippen LogP contribution in [0.4, 0.5) is 18.9 Å². The first-order chi connectivity index (χ1) is 10.9. The summed E-state index contributed by atoms with van der Waals surface area (Å²) in [5, 5.41) is 0. The number of alkyl halides is 2. The van der Waals surface area contributed by atoms with Gasteiger partial charge in [-0.15, -0.1) is 0 Å². The molecule has 4 nitrogen and oxygen atoms in total. The van der Waals surface area contributed by atoms with E-state index in [9.17, 15) is 18.0 Å². The summed E-state index contributed by atoms with van der Waals surface area (Å²) in [5.41, 5.74) is 0.960. The van der Waals surface area contributed by atoms with Gasteiger partial charge in [-0.05, 0) is 30.2 Å². The molecule has 0 fully saturated rings. The second kappa shape index (κ2) is 5.57. The van der Waals surface area contributed by atoms with Crippen LogP contribution in [0.25, 0.3) is 0 Å². The number of fused-ring (bicyclic) bond motifs is 1. The van der Waals surface area contributed by atoms with Crippen molar-refractivity contribution < 1.29 is 22.7 Å². The number of ether oxygens (including phenoxy) is 1. The number of pyridine rings is 1. The minimum Gasteiger partial charge on any atom is -0.423 e. The molecule has 120 valence electrons. The molecule has 0 bridgehead atoms. The molecule has 1 aromatic carbocycles. The van der Waals surface area contributed by atoms with Gasteiger partial charge in [0.25, 0.3) is 0 Å². The first kappa shape index (κ1) is 15.3. The molecule has 23 heavy (non-hydrogen) atoms. The third-order valence-corrected chi connectivity index (χ3v) is 3.56. The summed E-state index contributed by atoms with van der Waals surface area (Å²) in [6.45, 7) is 1.53. The highest BCUT2D eigenvalue weighted by Gasteiger charge is 2.51. The van der Waals surface area contributed by atoms with E-state index in [1.54, 1.807) is 19.1 Å². The monoisotopic (exact) mass is 322 g/mol. The van der Waals surface area contributed by atoms with Crippen LogP contribution >= 0.6 is 0 Å². The average Bonchev–Trinajstić information content (AvgIpc) is 2.51. The number of nitrogens with zero attached hydrogens (tertiary/aromatic N) is 2. The summed E-state index contributed by atoms with van der Waals surface area (Å²) in [6, 6.07) is 8.84. The van der Waals surface area contributed by atoms with E-state index in [0.717, 1.165) is 11.0 Å². The maximum atomic E-state index is 13.9. The van der Waals surface area contributed by atoms with E-state index >= 15 is 0 Å². The van der Waals surface area contributed by atoms with E-state index in [1.165, 1.54) is 18.2 Å². The zero-order valence-corrected chi connectivity index (χ0v) is 12.2. The van der Waals surface area contributed by atoms with Gasteiger partial charge in [-0.3, -0.25) is 9.69 Å². The van der Waals surface area contributed by atoms with Crippen molar-refractivity contribution in [2.45, 2.75) is 26.0 Å². The van der Waals surface area contributed by atoms with Gasteiger partial charge in [0.1, 0.15) is 0 Å². The SMILES string of the molecule is CCc1cccc2c1OC(F)(F)C(=O)N2Cc1cccc(F)n1. The van der Waals surface area contributed by atoms with Crippen LogP contribution in [0.15, 0.2) is 36.4 Å². The van der Waals surface area contributed by atoms with E-state index in [2.05, 4.69) is 9.72 Å². The van der Waals surface area contributed by atoms with E-state index < -0.39 is 18.0 Å². The zero-order chi connectivity index (χ0) is 16.6. The van der Waals surface area contributed by atoms with Crippen molar-refractivity contribution in [3.8, 4) is 5.75 Å². The average molecular weight is 322 g/mol. The Morgan fingerprint density at radius 3 is 2.65 bits per heavy atom. The van der Waals surface area contributed by atoms with Crippen LogP contribution in [0, 0.1) is 5.95 Å². The normalized spacial score (nSPS) is 16.0. The van der Waals surface area contributed by atoms with Crippen LogP contribution in [0.3, 0.4) is 0 Å². The summed E-state index contributed by atoms with van der Waals surface area (Å²) in [5.74, 6) is -2.27. The van der Waals surface area contributed by atoms with Crippen molar-refractivity contribution in [3.05, 3.63) is 53.6 Å². The third-order valence-electron chi connectivity index (χ3n) is 3.56. The second-order valence-electron chi connectivity index (χ2n) is 5.08. The maximum absolute atomic E-state index is 13.9. The molecular weight excluding hydrogens is 309 g/mol. The topological polar surface area (TPSA) is 42.4 Å². The molecule has 1 amide bonds. The predicted octanol–water partition coefficient (Wildman–Crippen LogP) is 3.30. The van der Waals surface area contributed by atoms with Crippen LogP contribution in [-0.4, -0.2) is 17.0 Å². The lowest BCUT2D eigenvalue weighted by atomic mass is 10.1. The Balaban J connectivity index is 2.07. The first-order valence-corrected chi connectivity index (χ1v) is 7.04. The molecule has 0 radical (unpaired) electrons. The number of rotatable bonds is 3. The summed E-state index contributed by atoms with van der Waals surface area (Å²) < 4.78 is 45.7. The predicted molar refractivity (Wildman–Crippen MR) is 76.8 cm³/mol. The van der Waals surface area contributed by atoms with Crippen LogP contribution in [0.1, 0.15) is 18.2 Å². The van der Waals surface area contributed by atoms with E-state index in [1.807, 2.05) is 0 Å². The first-order valence-electron chi connectivity index (χ1n) is 7.04. The second-order valence-corrected chi connectivity index (χ2v) is 5.08. The molecule has 0 saturated carbocycles. The van der Waals surface area contributed by atoms with Crippen molar-refractivity contribution in [2.75, 3.05) is 4.90 Å². The fourth-order valence-corrected chi connectivity index (χ4v) is 2.48. The number of aryl methyl sites for hydroxylation is 1. The lowest BCUT2D eigenvalue weighted by molar-refractivity contribution is -0.193.